The van der Waals surface area contributed by atoms with Gasteiger partial charge < -0.3 is 10.1 Å². The van der Waals surface area contributed by atoms with Crippen LogP contribution in [0.25, 0.3) is 0 Å². The third kappa shape index (κ3) is 2.10. The molecule has 0 fully saturated rings. The molecule has 0 saturated carbocycles. The second-order valence-corrected chi connectivity index (χ2v) is 4.77. The van der Waals surface area contributed by atoms with Crippen LogP contribution >= 0.6 is 0 Å². The van der Waals surface area contributed by atoms with Crippen molar-refractivity contribution >= 4 is 5.82 Å². The van der Waals surface area contributed by atoms with Crippen LogP contribution in [0.5, 0.6) is 5.88 Å². The fraction of sp³-hybridized carbons (Fsp3) is 0.667. The van der Waals surface area contributed by atoms with Crippen LogP contribution in [0.1, 0.15) is 45.0 Å². The number of hydrogen-bond acceptors (Lipinski definition) is 4. The summed E-state index contributed by atoms with van der Waals surface area (Å²) in [6.45, 7) is 9.13. The molecule has 4 nitrogen and oxygen atoms in total. The predicted molar refractivity (Wildman–Crippen MR) is 64.1 cm³/mol. The molecule has 0 bridgehead atoms. The Labute approximate surface area is 96.4 Å². The van der Waals surface area contributed by atoms with Crippen LogP contribution in [0.2, 0.25) is 0 Å². The van der Waals surface area contributed by atoms with E-state index in [1.807, 2.05) is 0 Å². The molecule has 88 valence electrons. The molecule has 0 unspecified atom stereocenters. The number of hydrogen-bond donors (Lipinski definition) is 1. The Kier molecular flexibility index (Phi) is 2.99. The maximum Gasteiger partial charge on any atom is 0.222 e. The van der Waals surface area contributed by atoms with Gasteiger partial charge in [0.15, 0.2) is 0 Å². The van der Waals surface area contributed by atoms with Gasteiger partial charge in [-0.3, -0.25) is 0 Å². The van der Waals surface area contributed by atoms with E-state index >= 15 is 0 Å². The molecule has 16 heavy (non-hydrogen) atoms. The zero-order valence-electron chi connectivity index (χ0n) is 10.4. The first-order valence-electron chi connectivity index (χ1n) is 5.88. The van der Waals surface area contributed by atoms with Crippen LogP contribution in [0.15, 0.2) is 0 Å². The first-order valence-corrected chi connectivity index (χ1v) is 5.88. The van der Waals surface area contributed by atoms with E-state index in [1.54, 1.807) is 0 Å². The van der Waals surface area contributed by atoms with Gasteiger partial charge in [-0.1, -0.05) is 13.8 Å². The number of fused-ring (bicyclic) bond motifs is 1. The van der Waals surface area contributed by atoms with Crippen molar-refractivity contribution in [3.8, 4) is 5.88 Å². The molecule has 0 spiro atoms. The third-order valence-electron chi connectivity index (χ3n) is 2.52. The molecule has 0 amide bonds. The quantitative estimate of drug-likeness (QED) is 0.851. The number of anilines is 1. The SMILES string of the molecule is CC(C)Nc1nc(C(C)C)nc2c1CCO2. The van der Waals surface area contributed by atoms with Crippen molar-refractivity contribution in [2.75, 3.05) is 11.9 Å². The van der Waals surface area contributed by atoms with Crippen LogP contribution in [0.4, 0.5) is 5.82 Å². The average Bonchev–Trinajstić information content (AvgIpc) is 2.64. The number of nitrogens with one attached hydrogen (secondary N) is 1. The van der Waals surface area contributed by atoms with Crippen molar-refractivity contribution in [2.45, 2.75) is 46.1 Å². The van der Waals surface area contributed by atoms with Crippen LogP contribution in [-0.4, -0.2) is 22.6 Å². The van der Waals surface area contributed by atoms with E-state index in [4.69, 9.17) is 4.74 Å². The molecule has 2 rings (SSSR count). The highest BCUT2D eigenvalue weighted by Gasteiger charge is 2.21. The lowest BCUT2D eigenvalue weighted by Crippen LogP contribution is -2.14. The fourth-order valence-electron chi connectivity index (χ4n) is 1.73. The van der Waals surface area contributed by atoms with Gasteiger partial charge >= 0.3 is 0 Å². The second kappa shape index (κ2) is 4.28. The summed E-state index contributed by atoms with van der Waals surface area (Å²) in [5.74, 6) is 2.88. The molecule has 2 heterocycles. The van der Waals surface area contributed by atoms with Crippen molar-refractivity contribution in [3.63, 3.8) is 0 Å². The minimum absolute atomic E-state index is 0.321. The lowest BCUT2D eigenvalue weighted by atomic mass is 10.2. The highest BCUT2D eigenvalue weighted by atomic mass is 16.5. The zero-order valence-corrected chi connectivity index (χ0v) is 10.4. The molecule has 0 aliphatic carbocycles. The van der Waals surface area contributed by atoms with Gasteiger partial charge in [-0.2, -0.15) is 4.98 Å². The van der Waals surface area contributed by atoms with Crippen molar-refractivity contribution in [3.05, 3.63) is 11.4 Å². The van der Waals surface area contributed by atoms with Crippen molar-refractivity contribution < 1.29 is 4.74 Å². The summed E-state index contributed by atoms with van der Waals surface area (Å²) in [5.41, 5.74) is 1.12. The smallest absolute Gasteiger partial charge is 0.222 e. The Morgan fingerprint density at radius 1 is 1.19 bits per heavy atom. The summed E-state index contributed by atoms with van der Waals surface area (Å²) in [6, 6.07) is 0.375. The van der Waals surface area contributed by atoms with Gasteiger partial charge in [0.2, 0.25) is 5.88 Å². The molecule has 0 aromatic carbocycles. The molecule has 0 saturated heterocycles. The van der Waals surface area contributed by atoms with E-state index in [9.17, 15) is 0 Å². The summed E-state index contributed by atoms with van der Waals surface area (Å²) in [6.07, 6.45) is 0.906. The Morgan fingerprint density at radius 2 is 1.94 bits per heavy atom. The molecule has 0 radical (unpaired) electrons. The van der Waals surface area contributed by atoms with E-state index < -0.39 is 0 Å². The first-order chi connectivity index (χ1) is 7.58. The molecule has 4 heteroatoms. The Morgan fingerprint density at radius 3 is 2.56 bits per heavy atom. The standard InChI is InChI=1S/C12H19N3O/c1-7(2)10-14-11(13-8(3)4)9-5-6-16-12(9)15-10/h7-8H,5-6H2,1-4H3,(H,13,14,15). The summed E-state index contributed by atoms with van der Waals surface area (Å²) >= 11 is 0. The number of aromatic nitrogens is 2. The number of ether oxygens (including phenoxy) is 1. The summed E-state index contributed by atoms with van der Waals surface area (Å²) in [7, 11) is 0. The molecule has 1 N–H and O–H groups in total. The van der Waals surface area contributed by atoms with Crippen molar-refractivity contribution in [2.24, 2.45) is 0 Å². The lowest BCUT2D eigenvalue weighted by molar-refractivity contribution is 0.343. The number of nitrogens with zero attached hydrogens (tertiary/aromatic N) is 2. The van der Waals surface area contributed by atoms with E-state index in [0.717, 1.165) is 36.1 Å². The molecule has 1 aliphatic rings. The summed E-state index contributed by atoms with van der Waals surface area (Å²) in [4.78, 5) is 9.03. The molecule has 1 aliphatic heterocycles. The average molecular weight is 221 g/mol. The van der Waals surface area contributed by atoms with E-state index in [1.165, 1.54) is 0 Å². The Balaban J connectivity index is 2.41. The maximum absolute atomic E-state index is 5.52. The second-order valence-electron chi connectivity index (χ2n) is 4.77. The normalized spacial score (nSPS) is 14.1. The maximum atomic E-state index is 5.52. The first kappa shape index (κ1) is 11.2. The highest BCUT2D eigenvalue weighted by molar-refractivity contribution is 5.51. The zero-order chi connectivity index (χ0) is 11.7. The number of rotatable bonds is 3. The molecule has 0 atom stereocenters. The van der Waals surface area contributed by atoms with Gasteiger partial charge in [0.1, 0.15) is 11.6 Å². The van der Waals surface area contributed by atoms with Crippen LogP contribution in [0, 0.1) is 0 Å². The summed E-state index contributed by atoms with van der Waals surface area (Å²) < 4.78 is 5.52. The van der Waals surface area contributed by atoms with E-state index in [0.29, 0.717) is 12.0 Å². The van der Waals surface area contributed by atoms with Gasteiger partial charge in [-0.25, -0.2) is 4.98 Å². The summed E-state index contributed by atoms with van der Waals surface area (Å²) in [5, 5.41) is 3.37. The molecular weight excluding hydrogens is 202 g/mol. The fourth-order valence-corrected chi connectivity index (χ4v) is 1.73. The van der Waals surface area contributed by atoms with Crippen molar-refractivity contribution in [1.82, 2.24) is 9.97 Å². The van der Waals surface area contributed by atoms with Crippen LogP contribution < -0.4 is 10.1 Å². The third-order valence-corrected chi connectivity index (χ3v) is 2.52. The molecule has 1 aromatic heterocycles. The Hall–Kier alpha value is -1.32. The monoisotopic (exact) mass is 221 g/mol. The lowest BCUT2D eigenvalue weighted by Gasteiger charge is -2.14. The van der Waals surface area contributed by atoms with Gasteiger partial charge in [0.25, 0.3) is 0 Å². The van der Waals surface area contributed by atoms with Crippen LogP contribution in [-0.2, 0) is 6.42 Å². The van der Waals surface area contributed by atoms with E-state index in [-0.39, 0.29) is 0 Å². The van der Waals surface area contributed by atoms with Gasteiger partial charge in [-0.15, -0.1) is 0 Å². The highest BCUT2D eigenvalue weighted by Crippen LogP contribution is 2.30. The van der Waals surface area contributed by atoms with Crippen LogP contribution in [0.3, 0.4) is 0 Å². The van der Waals surface area contributed by atoms with Gasteiger partial charge in [0, 0.05) is 18.4 Å². The predicted octanol–water partition coefficient (Wildman–Crippen LogP) is 2.36. The minimum Gasteiger partial charge on any atom is -0.477 e. The largest absolute Gasteiger partial charge is 0.477 e. The van der Waals surface area contributed by atoms with Crippen molar-refractivity contribution in [1.29, 1.82) is 0 Å². The minimum atomic E-state index is 0.321. The van der Waals surface area contributed by atoms with Gasteiger partial charge in [-0.05, 0) is 13.8 Å². The Bertz CT molecular complexity index is 388. The van der Waals surface area contributed by atoms with Gasteiger partial charge in [0.05, 0.1) is 12.2 Å². The topological polar surface area (TPSA) is 47.0 Å². The van der Waals surface area contributed by atoms with E-state index in [2.05, 4.69) is 43.0 Å². The molecular formula is C12H19N3O. The molecule has 1 aromatic rings.